The van der Waals surface area contributed by atoms with E-state index < -0.39 is 0 Å². The highest BCUT2D eigenvalue weighted by Gasteiger charge is 2.05. The third-order valence-corrected chi connectivity index (χ3v) is 2.11. The molecule has 1 heterocycles. The summed E-state index contributed by atoms with van der Waals surface area (Å²) in [4.78, 5) is 0. The maximum absolute atomic E-state index is 3.86. The Bertz CT molecular complexity index is 233. The molecule has 1 rings (SSSR count). The zero-order valence-corrected chi connectivity index (χ0v) is 7.33. The Labute approximate surface area is 67.7 Å². The topological polar surface area (TPSA) is 25.8 Å². The standard InChI is InChI=1S/C9H14N2/c1-4-7(2)9-6-11-10-5-8(9)3/h5-7H,4H2,1-3H3. The van der Waals surface area contributed by atoms with Crippen LogP contribution in [0.25, 0.3) is 0 Å². The fraction of sp³-hybridized carbons (Fsp3) is 0.556. The van der Waals surface area contributed by atoms with Crippen LogP contribution in [0.3, 0.4) is 0 Å². The van der Waals surface area contributed by atoms with Crippen LogP contribution in [0.1, 0.15) is 37.3 Å². The van der Waals surface area contributed by atoms with E-state index in [9.17, 15) is 0 Å². The lowest BCUT2D eigenvalue weighted by Gasteiger charge is -2.09. The molecule has 0 radical (unpaired) electrons. The third kappa shape index (κ3) is 1.76. The van der Waals surface area contributed by atoms with Crippen molar-refractivity contribution in [1.29, 1.82) is 0 Å². The fourth-order valence-electron chi connectivity index (χ4n) is 1.13. The number of aryl methyl sites for hydroxylation is 1. The molecule has 0 bridgehead atoms. The Hall–Kier alpha value is -0.920. The van der Waals surface area contributed by atoms with Gasteiger partial charge in [-0.15, -0.1) is 0 Å². The Balaban J connectivity index is 2.93. The molecular weight excluding hydrogens is 136 g/mol. The quantitative estimate of drug-likeness (QED) is 0.646. The van der Waals surface area contributed by atoms with Crippen LogP contribution in [-0.4, -0.2) is 10.2 Å². The molecule has 0 aliphatic carbocycles. The van der Waals surface area contributed by atoms with E-state index in [0.717, 1.165) is 6.42 Å². The highest BCUT2D eigenvalue weighted by Crippen LogP contribution is 2.19. The molecule has 0 fully saturated rings. The lowest BCUT2D eigenvalue weighted by molar-refractivity contribution is 0.717. The predicted molar refractivity (Wildman–Crippen MR) is 45.5 cm³/mol. The van der Waals surface area contributed by atoms with Gasteiger partial charge in [0.05, 0.1) is 12.4 Å². The van der Waals surface area contributed by atoms with E-state index in [2.05, 4.69) is 31.0 Å². The van der Waals surface area contributed by atoms with Gasteiger partial charge in [0.1, 0.15) is 0 Å². The van der Waals surface area contributed by atoms with Crippen molar-refractivity contribution in [3.05, 3.63) is 23.5 Å². The van der Waals surface area contributed by atoms with Gasteiger partial charge in [-0.2, -0.15) is 10.2 Å². The highest BCUT2D eigenvalue weighted by molar-refractivity contribution is 5.22. The van der Waals surface area contributed by atoms with Crippen LogP contribution < -0.4 is 0 Å². The van der Waals surface area contributed by atoms with Crippen molar-refractivity contribution in [3.8, 4) is 0 Å². The number of rotatable bonds is 2. The van der Waals surface area contributed by atoms with Gasteiger partial charge in [-0.3, -0.25) is 0 Å². The highest BCUT2D eigenvalue weighted by atomic mass is 15.1. The van der Waals surface area contributed by atoms with Crippen LogP contribution in [0.4, 0.5) is 0 Å². The number of aromatic nitrogens is 2. The monoisotopic (exact) mass is 150 g/mol. The lowest BCUT2D eigenvalue weighted by Crippen LogP contribution is -1.96. The van der Waals surface area contributed by atoms with Crippen LogP contribution in [0, 0.1) is 6.92 Å². The van der Waals surface area contributed by atoms with Crippen molar-refractivity contribution in [2.45, 2.75) is 33.1 Å². The summed E-state index contributed by atoms with van der Waals surface area (Å²) in [5, 5.41) is 7.68. The summed E-state index contributed by atoms with van der Waals surface area (Å²) >= 11 is 0. The fourth-order valence-corrected chi connectivity index (χ4v) is 1.13. The lowest BCUT2D eigenvalue weighted by atomic mass is 9.97. The Morgan fingerprint density at radius 2 is 2.00 bits per heavy atom. The molecule has 1 atom stereocenters. The predicted octanol–water partition coefficient (Wildman–Crippen LogP) is 2.30. The molecule has 1 unspecified atom stereocenters. The summed E-state index contributed by atoms with van der Waals surface area (Å²) < 4.78 is 0. The molecular formula is C9H14N2. The Morgan fingerprint density at radius 3 is 2.55 bits per heavy atom. The minimum atomic E-state index is 0.602. The smallest absolute Gasteiger partial charge is 0.0533 e. The molecule has 60 valence electrons. The van der Waals surface area contributed by atoms with Crippen molar-refractivity contribution < 1.29 is 0 Å². The van der Waals surface area contributed by atoms with Crippen LogP contribution >= 0.6 is 0 Å². The minimum absolute atomic E-state index is 0.602. The summed E-state index contributed by atoms with van der Waals surface area (Å²) in [6.07, 6.45) is 4.84. The largest absolute Gasteiger partial charge is 0.159 e. The second-order valence-corrected chi connectivity index (χ2v) is 2.94. The third-order valence-electron chi connectivity index (χ3n) is 2.11. The molecule has 0 saturated carbocycles. The molecule has 0 aromatic carbocycles. The van der Waals surface area contributed by atoms with Crippen LogP contribution in [-0.2, 0) is 0 Å². The molecule has 0 amide bonds. The van der Waals surface area contributed by atoms with E-state index in [0.29, 0.717) is 5.92 Å². The van der Waals surface area contributed by atoms with Crippen molar-refractivity contribution in [1.82, 2.24) is 10.2 Å². The van der Waals surface area contributed by atoms with Gasteiger partial charge in [0.15, 0.2) is 0 Å². The molecule has 0 aliphatic rings. The van der Waals surface area contributed by atoms with E-state index in [1.54, 1.807) is 0 Å². The van der Waals surface area contributed by atoms with Crippen molar-refractivity contribution >= 4 is 0 Å². The summed E-state index contributed by atoms with van der Waals surface area (Å²) in [6.45, 7) is 6.48. The van der Waals surface area contributed by atoms with Gasteiger partial charge >= 0.3 is 0 Å². The molecule has 1 aromatic rings. The average molecular weight is 150 g/mol. The zero-order chi connectivity index (χ0) is 8.27. The number of hydrogen-bond donors (Lipinski definition) is 0. The van der Waals surface area contributed by atoms with E-state index in [-0.39, 0.29) is 0 Å². The number of nitrogens with zero attached hydrogens (tertiary/aromatic N) is 2. The van der Waals surface area contributed by atoms with Crippen molar-refractivity contribution in [3.63, 3.8) is 0 Å². The molecule has 11 heavy (non-hydrogen) atoms. The Kier molecular flexibility index (Phi) is 2.58. The van der Waals surface area contributed by atoms with Crippen molar-refractivity contribution in [2.24, 2.45) is 0 Å². The van der Waals surface area contributed by atoms with E-state index in [1.165, 1.54) is 11.1 Å². The van der Waals surface area contributed by atoms with E-state index >= 15 is 0 Å². The average Bonchev–Trinajstić information content (AvgIpc) is 2.04. The Morgan fingerprint density at radius 1 is 1.36 bits per heavy atom. The number of hydrogen-bond acceptors (Lipinski definition) is 2. The summed E-state index contributed by atoms with van der Waals surface area (Å²) in [7, 11) is 0. The molecule has 0 saturated heterocycles. The molecule has 0 N–H and O–H groups in total. The second-order valence-electron chi connectivity index (χ2n) is 2.94. The maximum atomic E-state index is 3.86. The minimum Gasteiger partial charge on any atom is -0.159 e. The molecule has 0 aliphatic heterocycles. The summed E-state index contributed by atoms with van der Waals surface area (Å²) in [6, 6.07) is 0. The van der Waals surface area contributed by atoms with Gasteiger partial charge in [-0.1, -0.05) is 13.8 Å². The van der Waals surface area contributed by atoms with Crippen LogP contribution in [0.5, 0.6) is 0 Å². The van der Waals surface area contributed by atoms with Gasteiger partial charge in [0.2, 0.25) is 0 Å². The maximum Gasteiger partial charge on any atom is 0.0533 e. The first kappa shape index (κ1) is 8.18. The van der Waals surface area contributed by atoms with Gasteiger partial charge in [0, 0.05) is 0 Å². The van der Waals surface area contributed by atoms with E-state index in [4.69, 9.17) is 0 Å². The van der Waals surface area contributed by atoms with Gasteiger partial charge in [-0.25, -0.2) is 0 Å². The zero-order valence-electron chi connectivity index (χ0n) is 7.33. The summed E-state index contributed by atoms with van der Waals surface area (Å²) in [5.41, 5.74) is 2.57. The second kappa shape index (κ2) is 3.46. The first-order valence-electron chi connectivity index (χ1n) is 4.03. The molecule has 1 aromatic heterocycles. The SMILES string of the molecule is CCC(C)c1cnncc1C. The molecule has 2 nitrogen and oxygen atoms in total. The van der Waals surface area contributed by atoms with Gasteiger partial charge in [0.25, 0.3) is 0 Å². The first-order chi connectivity index (χ1) is 5.25. The van der Waals surface area contributed by atoms with Gasteiger partial charge in [-0.05, 0) is 30.4 Å². The van der Waals surface area contributed by atoms with Crippen LogP contribution in [0.15, 0.2) is 12.4 Å². The van der Waals surface area contributed by atoms with Gasteiger partial charge < -0.3 is 0 Å². The molecule has 2 heteroatoms. The van der Waals surface area contributed by atoms with Crippen molar-refractivity contribution in [2.75, 3.05) is 0 Å². The van der Waals surface area contributed by atoms with Crippen LogP contribution in [0.2, 0.25) is 0 Å². The molecule has 0 spiro atoms. The summed E-state index contributed by atoms with van der Waals surface area (Å²) in [5.74, 6) is 0.602. The first-order valence-corrected chi connectivity index (χ1v) is 4.03. The van der Waals surface area contributed by atoms with E-state index in [1.807, 2.05) is 12.4 Å². The normalized spacial score (nSPS) is 13.0.